The zero-order valence-electron chi connectivity index (χ0n) is 13.6. The molecule has 2 amide bonds. The summed E-state index contributed by atoms with van der Waals surface area (Å²) in [4.78, 5) is 17.9. The molecule has 6 heteroatoms. The molecule has 6 nitrogen and oxygen atoms in total. The van der Waals surface area contributed by atoms with Crippen LogP contribution < -0.4 is 14.8 Å². The third-order valence-corrected chi connectivity index (χ3v) is 3.42. The molecule has 0 aliphatic heterocycles. The third-order valence-electron chi connectivity index (χ3n) is 3.42. The summed E-state index contributed by atoms with van der Waals surface area (Å²) in [7, 11) is 4.91. The molecule has 1 heterocycles. The Morgan fingerprint density at radius 2 is 1.87 bits per heavy atom. The van der Waals surface area contributed by atoms with Crippen molar-refractivity contribution in [2.75, 3.05) is 21.3 Å². The highest BCUT2D eigenvalue weighted by Gasteiger charge is 2.12. The van der Waals surface area contributed by atoms with Gasteiger partial charge in [-0.05, 0) is 12.1 Å². The number of benzene rings is 1. The number of amides is 2. The number of aromatic nitrogens is 1. The number of urea groups is 1. The first-order chi connectivity index (χ1) is 11.2. The summed E-state index contributed by atoms with van der Waals surface area (Å²) in [5.41, 5.74) is 1.78. The zero-order chi connectivity index (χ0) is 16.7. The van der Waals surface area contributed by atoms with Crippen molar-refractivity contribution in [1.82, 2.24) is 15.2 Å². The van der Waals surface area contributed by atoms with Crippen molar-refractivity contribution in [2.45, 2.75) is 13.1 Å². The first-order valence-electron chi connectivity index (χ1n) is 7.24. The molecule has 0 unspecified atom stereocenters. The highest BCUT2D eigenvalue weighted by molar-refractivity contribution is 5.74. The molecule has 0 aliphatic carbocycles. The minimum absolute atomic E-state index is 0.179. The summed E-state index contributed by atoms with van der Waals surface area (Å²) in [5, 5.41) is 2.86. The fourth-order valence-corrected chi connectivity index (χ4v) is 2.21. The van der Waals surface area contributed by atoms with Gasteiger partial charge >= 0.3 is 6.03 Å². The molecule has 23 heavy (non-hydrogen) atoms. The molecule has 0 fully saturated rings. The van der Waals surface area contributed by atoms with Gasteiger partial charge in [0.05, 0.1) is 20.8 Å². The van der Waals surface area contributed by atoms with E-state index in [4.69, 9.17) is 9.47 Å². The lowest BCUT2D eigenvalue weighted by Crippen LogP contribution is -2.36. The molecule has 2 aromatic rings. The van der Waals surface area contributed by atoms with Crippen LogP contribution in [0.3, 0.4) is 0 Å². The van der Waals surface area contributed by atoms with Crippen LogP contribution in [0.15, 0.2) is 42.6 Å². The van der Waals surface area contributed by atoms with Crippen molar-refractivity contribution in [1.29, 1.82) is 0 Å². The van der Waals surface area contributed by atoms with Crippen LogP contribution in [0.1, 0.15) is 11.1 Å². The van der Waals surface area contributed by atoms with Crippen molar-refractivity contribution in [3.05, 3.63) is 53.7 Å². The highest BCUT2D eigenvalue weighted by atomic mass is 16.5. The van der Waals surface area contributed by atoms with Crippen LogP contribution in [0.5, 0.6) is 11.6 Å². The number of hydrogen-bond donors (Lipinski definition) is 1. The van der Waals surface area contributed by atoms with E-state index in [2.05, 4.69) is 10.3 Å². The number of hydrogen-bond acceptors (Lipinski definition) is 4. The number of rotatable bonds is 6. The predicted octanol–water partition coefficient (Wildman–Crippen LogP) is 2.44. The zero-order valence-corrected chi connectivity index (χ0v) is 13.6. The van der Waals surface area contributed by atoms with Gasteiger partial charge in [0, 0.05) is 30.9 Å². The summed E-state index contributed by atoms with van der Waals surface area (Å²) in [6.07, 6.45) is 1.65. The predicted molar refractivity (Wildman–Crippen MR) is 87.5 cm³/mol. The van der Waals surface area contributed by atoms with Gasteiger partial charge < -0.3 is 19.7 Å². The number of carbonyl (C=O) groups excluding carboxylic acids is 1. The number of para-hydroxylation sites is 1. The highest BCUT2D eigenvalue weighted by Crippen LogP contribution is 2.19. The summed E-state index contributed by atoms with van der Waals surface area (Å²) in [6.45, 7) is 0.812. The van der Waals surface area contributed by atoms with Gasteiger partial charge in [0.2, 0.25) is 5.88 Å². The van der Waals surface area contributed by atoms with E-state index in [1.165, 1.54) is 0 Å². The van der Waals surface area contributed by atoms with Crippen molar-refractivity contribution < 1.29 is 14.3 Å². The number of ether oxygens (including phenoxy) is 2. The Morgan fingerprint density at radius 3 is 2.61 bits per heavy atom. The molecule has 122 valence electrons. The Balaban J connectivity index is 1.95. The standard InChI is InChI=1S/C17H21N3O3/c1-20(12-14-7-4-5-9-15(14)22-2)17(21)19-11-13-8-6-10-18-16(13)23-3/h4-10H,11-12H2,1-3H3,(H,19,21). The molecule has 0 saturated heterocycles. The van der Waals surface area contributed by atoms with Crippen molar-refractivity contribution >= 4 is 6.03 Å². The molecule has 0 aliphatic rings. The third kappa shape index (κ3) is 4.35. The van der Waals surface area contributed by atoms with Crippen molar-refractivity contribution in [3.63, 3.8) is 0 Å². The molecule has 1 aromatic heterocycles. The van der Waals surface area contributed by atoms with Gasteiger partial charge in [-0.2, -0.15) is 0 Å². The molecule has 0 radical (unpaired) electrons. The van der Waals surface area contributed by atoms with E-state index in [9.17, 15) is 4.79 Å². The quantitative estimate of drug-likeness (QED) is 0.889. The summed E-state index contributed by atoms with van der Waals surface area (Å²) >= 11 is 0. The number of nitrogens with one attached hydrogen (secondary N) is 1. The van der Waals surface area contributed by atoms with Crippen LogP contribution in [0.2, 0.25) is 0 Å². The smallest absolute Gasteiger partial charge is 0.317 e. The molecule has 0 bridgehead atoms. The maximum Gasteiger partial charge on any atom is 0.317 e. The maximum atomic E-state index is 12.2. The number of carbonyl (C=O) groups is 1. The van der Waals surface area contributed by atoms with Crippen molar-refractivity contribution in [3.8, 4) is 11.6 Å². The van der Waals surface area contributed by atoms with E-state index in [0.29, 0.717) is 19.0 Å². The largest absolute Gasteiger partial charge is 0.496 e. The lowest BCUT2D eigenvalue weighted by atomic mass is 10.2. The van der Waals surface area contributed by atoms with Crippen LogP contribution in [0.4, 0.5) is 4.79 Å². The second kappa shape index (κ2) is 8.03. The number of methoxy groups -OCH3 is 2. The Bertz CT molecular complexity index is 661. The minimum atomic E-state index is -0.179. The average Bonchev–Trinajstić information content (AvgIpc) is 2.60. The van der Waals surface area contributed by atoms with E-state index in [-0.39, 0.29) is 6.03 Å². The van der Waals surface area contributed by atoms with Gasteiger partial charge in [-0.1, -0.05) is 24.3 Å². The van der Waals surface area contributed by atoms with Gasteiger partial charge in [-0.3, -0.25) is 0 Å². The van der Waals surface area contributed by atoms with Crippen LogP contribution in [0.25, 0.3) is 0 Å². The van der Waals surface area contributed by atoms with Gasteiger partial charge in [0.25, 0.3) is 0 Å². The number of pyridine rings is 1. The molecule has 2 rings (SSSR count). The van der Waals surface area contributed by atoms with Crippen LogP contribution in [0, 0.1) is 0 Å². The topological polar surface area (TPSA) is 63.7 Å². The van der Waals surface area contributed by atoms with Gasteiger partial charge in [-0.25, -0.2) is 9.78 Å². The second-order valence-electron chi connectivity index (χ2n) is 5.00. The van der Waals surface area contributed by atoms with Crippen LogP contribution >= 0.6 is 0 Å². The summed E-state index contributed by atoms with van der Waals surface area (Å²) in [5.74, 6) is 1.28. The van der Waals surface area contributed by atoms with Crippen LogP contribution in [-0.4, -0.2) is 37.2 Å². The summed E-state index contributed by atoms with van der Waals surface area (Å²) in [6, 6.07) is 11.1. The minimum Gasteiger partial charge on any atom is -0.496 e. The van der Waals surface area contributed by atoms with Gasteiger partial charge in [0.1, 0.15) is 5.75 Å². The lowest BCUT2D eigenvalue weighted by Gasteiger charge is -2.19. The van der Waals surface area contributed by atoms with E-state index in [1.54, 1.807) is 32.4 Å². The average molecular weight is 315 g/mol. The molecule has 0 spiro atoms. The molecule has 0 atom stereocenters. The Morgan fingerprint density at radius 1 is 1.13 bits per heavy atom. The normalized spacial score (nSPS) is 10.0. The second-order valence-corrected chi connectivity index (χ2v) is 5.00. The number of nitrogens with zero attached hydrogens (tertiary/aromatic N) is 2. The first kappa shape index (κ1) is 16.6. The van der Waals surface area contributed by atoms with Crippen molar-refractivity contribution in [2.24, 2.45) is 0 Å². The monoisotopic (exact) mass is 315 g/mol. The Labute approximate surface area is 136 Å². The molecule has 0 saturated carbocycles. The van der Waals surface area contributed by atoms with E-state index < -0.39 is 0 Å². The lowest BCUT2D eigenvalue weighted by molar-refractivity contribution is 0.205. The van der Waals surface area contributed by atoms with Gasteiger partial charge in [0.15, 0.2) is 0 Å². The molecule has 1 aromatic carbocycles. The van der Waals surface area contributed by atoms with Gasteiger partial charge in [-0.15, -0.1) is 0 Å². The SMILES string of the molecule is COc1ccccc1CN(C)C(=O)NCc1cccnc1OC. The first-order valence-corrected chi connectivity index (χ1v) is 7.24. The Hall–Kier alpha value is -2.76. The fourth-order valence-electron chi connectivity index (χ4n) is 2.21. The molecular formula is C17H21N3O3. The molecule has 1 N–H and O–H groups in total. The van der Waals surface area contributed by atoms with E-state index >= 15 is 0 Å². The fraction of sp³-hybridized carbons (Fsp3) is 0.294. The van der Waals surface area contributed by atoms with E-state index in [0.717, 1.165) is 16.9 Å². The van der Waals surface area contributed by atoms with Crippen LogP contribution in [-0.2, 0) is 13.1 Å². The summed E-state index contributed by atoms with van der Waals surface area (Å²) < 4.78 is 10.5. The Kier molecular flexibility index (Phi) is 5.80. The molecular weight excluding hydrogens is 294 g/mol. The van der Waals surface area contributed by atoms with E-state index in [1.807, 2.05) is 36.4 Å². The maximum absolute atomic E-state index is 12.2.